The lowest BCUT2D eigenvalue weighted by Gasteiger charge is -2.30. The first kappa shape index (κ1) is 24.2. The van der Waals surface area contributed by atoms with Crippen molar-refractivity contribution in [3.05, 3.63) is 106 Å². The molecule has 2 heterocycles. The van der Waals surface area contributed by atoms with E-state index >= 15 is 0 Å². The summed E-state index contributed by atoms with van der Waals surface area (Å²) in [6, 6.07) is 17.6. The van der Waals surface area contributed by atoms with Gasteiger partial charge in [-0.05, 0) is 65.9 Å². The monoisotopic (exact) mass is 492 g/mol. The number of hydrogen-bond donors (Lipinski definition) is 1. The number of halogens is 1. The summed E-state index contributed by atoms with van der Waals surface area (Å²) in [5, 5.41) is 4.77. The van der Waals surface area contributed by atoms with E-state index in [9.17, 15) is 14.0 Å². The fourth-order valence-corrected chi connectivity index (χ4v) is 4.36. The Bertz CT molecular complexity index is 1270. The summed E-state index contributed by atoms with van der Waals surface area (Å²) in [6.07, 6.45) is 1.51. The molecule has 180 valence electrons. The lowest BCUT2D eigenvalue weighted by molar-refractivity contribution is -0.127. The lowest BCUT2D eigenvalue weighted by Crippen LogP contribution is -2.44. The van der Waals surface area contributed by atoms with E-state index in [-0.39, 0.29) is 30.3 Å². The van der Waals surface area contributed by atoms with Crippen LogP contribution in [-0.4, -0.2) is 18.9 Å². The van der Waals surface area contributed by atoms with E-state index < -0.39 is 17.8 Å². The van der Waals surface area contributed by atoms with E-state index in [1.54, 1.807) is 50.4 Å². The minimum atomic E-state index is -1.13. The standard InChI is InChI=1S/C27H25FN2O4S/c1-18-7-10-20(15-23(18)28)30(25(31)16-22-5-4-14-35-22)26(24-6-3-13-34-24)27(32)29-17-19-8-11-21(33-2)12-9-19/h3-15,26H,16-17H2,1-2H3,(H,29,32). The van der Waals surface area contributed by atoms with Crippen LogP contribution in [0.2, 0.25) is 0 Å². The van der Waals surface area contributed by atoms with E-state index in [4.69, 9.17) is 9.15 Å². The molecular formula is C27H25FN2O4S. The predicted molar refractivity (Wildman–Crippen MR) is 133 cm³/mol. The number of anilines is 1. The summed E-state index contributed by atoms with van der Waals surface area (Å²) in [7, 11) is 1.58. The lowest BCUT2D eigenvalue weighted by atomic mass is 10.1. The quantitative estimate of drug-likeness (QED) is 0.338. The summed E-state index contributed by atoms with van der Waals surface area (Å²) < 4.78 is 25.3. The highest BCUT2D eigenvalue weighted by molar-refractivity contribution is 7.10. The van der Waals surface area contributed by atoms with Crippen LogP contribution in [0.5, 0.6) is 5.75 Å². The molecule has 0 aliphatic heterocycles. The average molecular weight is 493 g/mol. The van der Waals surface area contributed by atoms with Gasteiger partial charge in [-0.1, -0.05) is 24.3 Å². The Morgan fingerprint density at radius 2 is 1.91 bits per heavy atom. The summed E-state index contributed by atoms with van der Waals surface area (Å²) >= 11 is 1.44. The Hall–Kier alpha value is -3.91. The van der Waals surface area contributed by atoms with Crippen LogP contribution in [0.4, 0.5) is 10.1 Å². The fraction of sp³-hybridized carbons (Fsp3) is 0.185. The molecule has 8 heteroatoms. The number of amides is 2. The van der Waals surface area contributed by atoms with Gasteiger partial charge in [-0.25, -0.2) is 4.39 Å². The van der Waals surface area contributed by atoms with E-state index in [2.05, 4.69) is 5.32 Å². The van der Waals surface area contributed by atoms with Crippen molar-refractivity contribution in [1.29, 1.82) is 0 Å². The van der Waals surface area contributed by atoms with Gasteiger partial charge in [-0.15, -0.1) is 11.3 Å². The molecule has 1 unspecified atom stereocenters. The molecule has 6 nitrogen and oxygen atoms in total. The van der Waals surface area contributed by atoms with Crippen molar-refractivity contribution in [2.45, 2.75) is 25.9 Å². The second-order valence-corrected chi connectivity index (χ2v) is 8.97. The van der Waals surface area contributed by atoms with Gasteiger partial charge in [0.1, 0.15) is 17.3 Å². The van der Waals surface area contributed by atoms with Crippen LogP contribution in [0.15, 0.2) is 82.8 Å². The molecule has 0 fully saturated rings. The zero-order chi connectivity index (χ0) is 24.8. The number of thiophene rings is 1. The number of methoxy groups -OCH3 is 1. The molecule has 2 amide bonds. The van der Waals surface area contributed by atoms with Crippen molar-refractivity contribution in [3.8, 4) is 5.75 Å². The van der Waals surface area contributed by atoms with E-state index in [0.717, 1.165) is 10.4 Å². The summed E-state index contributed by atoms with van der Waals surface area (Å²) in [4.78, 5) is 29.2. The van der Waals surface area contributed by atoms with Gasteiger partial charge < -0.3 is 14.5 Å². The highest BCUT2D eigenvalue weighted by Gasteiger charge is 2.35. The summed E-state index contributed by atoms with van der Waals surface area (Å²) in [5.41, 5.74) is 1.57. The van der Waals surface area contributed by atoms with Crippen LogP contribution in [0.25, 0.3) is 0 Å². The molecular weight excluding hydrogens is 467 g/mol. The SMILES string of the molecule is COc1ccc(CNC(=O)C(c2ccco2)N(C(=O)Cc2cccs2)c2ccc(C)c(F)c2)cc1. The Kier molecular flexibility index (Phi) is 7.62. The van der Waals surface area contributed by atoms with Crippen LogP contribution in [-0.2, 0) is 22.6 Å². The molecule has 1 N–H and O–H groups in total. The van der Waals surface area contributed by atoms with Crippen molar-refractivity contribution < 1.29 is 23.1 Å². The van der Waals surface area contributed by atoms with Gasteiger partial charge in [0.05, 0.1) is 19.8 Å². The number of rotatable bonds is 9. The largest absolute Gasteiger partial charge is 0.497 e. The van der Waals surface area contributed by atoms with Crippen molar-refractivity contribution in [2.75, 3.05) is 12.0 Å². The van der Waals surface area contributed by atoms with E-state index in [1.165, 1.54) is 28.6 Å². The van der Waals surface area contributed by atoms with Gasteiger partial charge in [0.15, 0.2) is 6.04 Å². The van der Waals surface area contributed by atoms with Crippen LogP contribution in [0.1, 0.15) is 27.8 Å². The zero-order valence-corrected chi connectivity index (χ0v) is 20.2. The normalized spacial score (nSPS) is 11.6. The third-order valence-electron chi connectivity index (χ3n) is 5.55. The van der Waals surface area contributed by atoms with Crippen molar-refractivity contribution >= 4 is 28.8 Å². The second kappa shape index (κ2) is 11.0. The molecule has 0 radical (unpaired) electrons. The summed E-state index contributed by atoms with van der Waals surface area (Å²) in [5.74, 6) is -0.278. The van der Waals surface area contributed by atoms with Gasteiger partial charge in [0, 0.05) is 17.1 Å². The third kappa shape index (κ3) is 5.78. The van der Waals surface area contributed by atoms with Crippen molar-refractivity contribution in [1.82, 2.24) is 5.32 Å². The molecule has 0 aliphatic rings. The third-order valence-corrected chi connectivity index (χ3v) is 6.43. The molecule has 0 bridgehead atoms. The highest BCUT2D eigenvalue weighted by atomic mass is 32.1. The van der Waals surface area contributed by atoms with Gasteiger partial charge in [-0.3, -0.25) is 14.5 Å². The molecule has 4 rings (SSSR count). The number of furan rings is 1. The molecule has 2 aromatic heterocycles. The van der Waals surface area contributed by atoms with Gasteiger partial charge in [0.2, 0.25) is 5.91 Å². The maximum absolute atomic E-state index is 14.5. The van der Waals surface area contributed by atoms with Crippen molar-refractivity contribution in [2.24, 2.45) is 0 Å². The molecule has 1 atom stereocenters. The first-order valence-electron chi connectivity index (χ1n) is 11.0. The Morgan fingerprint density at radius 3 is 2.54 bits per heavy atom. The number of ether oxygens (including phenoxy) is 1. The predicted octanol–water partition coefficient (Wildman–Crippen LogP) is 5.43. The molecule has 4 aromatic rings. The molecule has 0 spiro atoms. The Balaban J connectivity index is 1.67. The first-order valence-corrected chi connectivity index (χ1v) is 11.9. The van der Waals surface area contributed by atoms with Crippen LogP contribution in [0, 0.1) is 12.7 Å². The topological polar surface area (TPSA) is 71.8 Å². The molecule has 0 saturated carbocycles. The molecule has 0 saturated heterocycles. The highest BCUT2D eigenvalue weighted by Crippen LogP contribution is 2.31. The molecule has 2 aromatic carbocycles. The van der Waals surface area contributed by atoms with E-state index in [1.807, 2.05) is 29.6 Å². The number of nitrogens with zero attached hydrogens (tertiary/aromatic N) is 1. The maximum Gasteiger partial charge on any atom is 0.251 e. The minimum Gasteiger partial charge on any atom is -0.497 e. The second-order valence-electron chi connectivity index (χ2n) is 7.94. The van der Waals surface area contributed by atoms with Crippen LogP contribution in [0.3, 0.4) is 0 Å². The number of carbonyl (C=O) groups excluding carboxylic acids is 2. The number of carbonyl (C=O) groups is 2. The number of benzene rings is 2. The molecule has 35 heavy (non-hydrogen) atoms. The van der Waals surface area contributed by atoms with Gasteiger partial charge in [-0.2, -0.15) is 0 Å². The van der Waals surface area contributed by atoms with Crippen LogP contribution >= 0.6 is 11.3 Å². The Morgan fingerprint density at radius 1 is 1.11 bits per heavy atom. The smallest absolute Gasteiger partial charge is 0.251 e. The minimum absolute atomic E-state index is 0.0656. The number of nitrogens with one attached hydrogen (secondary N) is 1. The average Bonchev–Trinajstić information content (AvgIpc) is 3.58. The molecule has 0 aliphatic carbocycles. The summed E-state index contributed by atoms with van der Waals surface area (Å²) in [6.45, 7) is 1.87. The zero-order valence-electron chi connectivity index (χ0n) is 19.4. The van der Waals surface area contributed by atoms with Crippen LogP contribution < -0.4 is 15.0 Å². The Labute approximate surface area is 207 Å². The fourth-order valence-electron chi connectivity index (χ4n) is 3.67. The number of aryl methyl sites for hydroxylation is 1. The van der Waals surface area contributed by atoms with Gasteiger partial charge >= 0.3 is 0 Å². The van der Waals surface area contributed by atoms with E-state index in [0.29, 0.717) is 11.3 Å². The first-order chi connectivity index (χ1) is 17.0. The number of hydrogen-bond acceptors (Lipinski definition) is 5. The maximum atomic E-state index is 14.5. The van der Waals surface area contributed by atoms with Gasteiger partial charge in [0.25, 0.3) is 5.91 Å². The van der Waals surface area contributed by atoms with Crippen molar-refractivity contribution in [3.63, 3.8) is 0 Å².